The molecule has 0 atom stereocenters. The van der Waals surface area contributed by atoms with Crippen molar-refractivity contribution >= 4 is 23.5 Å². The number of nitrogens with one attached hydrogen (secondary N) is 1. The van der Waals surface area contributed by atoms with E-state index in [1.165, 1.54) is 0 Å². The van der Waals surface area contributed by atoms with Crippen molar-refractivity contribution in [3.8, 4) is 0 Å². The van der Waals surface area contributed by atoms with Gasteiger partial charge in [0, 0.05) is 12.4 Å². The molecule has 0 aliphatic carbocycles. The highest BCUT2D eigenvalue weighted by Gasteiger charge is 2.31. The molecule has 0 bridgehead atoms. The third-order valence-electron chi connectivity index (χ3n) is 1.31. The lowest BCUT2D eigenvalue weighted by Gasteiger charge is -2.07. The first-order valence-corrected chi connectivity index (χ1v) is 3.58. The summed E-state index contributed by atoms with van der Waals surface area (Å²) in [6.45, 7) is 3.58. The second-order valence-corrected chi connectivity index (χ2v) is 2.43. The minimum Gasteiger partial charge on any atom is -0.303 e. The summed E-state index contributed by atoms with van der Waals surface area (Å²) >= 11 is 5.36. The van der Waals surface area contributed by atoms with E-state index in [4.69, 9.17) is 11.6 Å². The van der Waals surface area contributed by atoms with Gasteiger partial charge in [0.2, 0.25) is 0 Å². The molecule has 0 spiro atoms. The van der Waals surface area contributed by atoms with Crippen molar-refractivity contribution in [1.82, 2.24) is 10.2 Å². The minimum absolute atomic E-state index is 0.111. The smallest absolute Gasteiger partial charge is 0.303 e. The zero-order valence-electron chi connectivity index (χ0n) is 5.76. The molecule has 1 saturated heterocycles. The fraction of sp³-hybridized carbons (Fsp3) is 0.333. The molecule has 1 N–H and O–H groups in total. The van der Waals surface area contributed by atoms with Gasteiger partial charge in [0.05, 0.1) is 0 Å². The molecule has 0 radical (unpaired) electrons. The fourth-order valence-corrected chi connectivity index (χ4v) is 0.962. The Kier molecular flexibility index (Phi) is 2.14. The van der Waals surface area contributed by atoms with Gasteiger partial charge in [0.25, 0.3) is 5.91 Å². The van der Waals surface area contributed by atoms with Crippen LogP contribution in [0, 0.1) is 0 Å². The van der Waals surface area contributed by atoms with Crippen LogP contribution in [0.1, 0.15) is 0 Å². The van der Waals surface area contributed by atoms with Crippen molar-refractivity contribution in [2.24, 2.45) is 0 Å². The third-order valence-corrected chi connectivity index (χ3v) is 1.48. The van der Waals surface area contributed by atoms with E-state index in [2.05, 4.69) is 11.9 Å². The van der Waals surface area contributed by atoms with Crippen LogP contribution in [0.25, 0.3) is 0 Å². The van der Waals surface area contributed by atoms with E-state index >= 15 is 0 Å². The highest BCUT2D eigenvalue weighted by molar-refractivity contribution is 6.19. The molecule has 1 fully saturated rings. The molecular formula is C6H7ClN2O2. The van der Waals surface area contributed by atoms with Crippen LogP contribution >= 0.6 is 11.6 Å². The SMILES string of the molecule is C=C1NC(=O)N(CCCl)C1=O. The van der Waals surface area contributed by atoms with Gasteiger partial charge in [-0.15, -0.1) is 11.6 Å². The molecule has 1 heterocycles. The second kappa shape index (κ2) is 2.92. The Balaban J connectivity index is 2.71. The first-order valence-electron chi connectivity index (χ1n) is 3.04. The van der Waals surface area contributed by atoms with Crippen LogP contribution in [0.4, 0.5) is 4.79 Å². The average molecular weight is 175 g/mol. The lowest BCUT2D eigenvalue weighted by Crippen LogP contribution is -2.32. The van der Waals surface area contributed by atoms with E-state index in [1.54, 1.807) is 0 Å². The summed E-state index contributed by atoms with van der Waals surface area (Å²) in [5.41, 5.74) is 0.111. The van der Waals surface area contributed by atoms with Crippen molar-refractivity contribution in [1.29, 1.82) is 0 Å². The lowest BCUT2D eigenvalue weighted by molar-refractivity contribution is -0.122. The van der Waals surface area contributed by atoms with Gasteiger partial charge in [-0.3, -0.25) is 9.69 Å². The number of hydrogen-bond acceptors (Lipinski definition) is 2. The molecule has 4 nitrogen and oxygen atoms in total. The summed E-state index contributed by atoms with van der Waals surface area (Å²) < 4.78 is 0. The number of alkyl halides is 1. The van der Waals surface area contributed by atoms with Crippen molar-refractivity contribution < 1.29 is 9.59 Å². The Morgan fingerprint density at radius 3 is 2.55 bits per heavy atom. The highest BCUT2D eigenvalue weighted by atomic mass is 35.5. The maximum absolute atomic E-state index is 11.0. The molecule has 1 aliphatic rings. The number of nitrogens with zero attached hydrogens (tertiary/aromatic N) is 1. The first kappa shape index (κ1) is 8.07. The van der Waals surface area contributed by atoms with Crippen molar-refractivity contribution in [2.45, 2.75) is 0 Å². The number of carbonyl (C=O) groups is 2. The number of rotatable bonds is 2. The quantitative estimate of drug-likeness (QED) is 0.372. The van der Waals surface area contributed by atoms with E-state index < -0.39 is 11.9 Å². The van der Waals surface area contributed by atoms with Gasteiger partial charge in [-0.2, -0.15) is 0 Å². The first-order chi connectivity index (χ1) is 5.16. The average Bonchev–Trinajstić information content (AvgIpc) is 2.17. The maximum atomic E-state index is 11.0. The fourth-order valence-electron chi connectivity index (χ4n) is 0.793. The number of hydrogen-bond donors (Lipinski definition) is 1. The zero-order valence-corrected chi connectivity index (χ0v) is 6.52. The molecular weight excluding hydrogens is 168 g/mol. The topological polar surface area (TPSA) is 49.4 Å². The van der Waals surface area contributed by atoms with Gasteiger partial charge in [-0.25, -0.2) is 4.79 Å². The van der Waals surface area contributed by atoms with Crippen molar-refractivity contribution in [3.05, 3.63) is 12.3 Å². The number of halogens is 1. The number of imide groups is 1. The predicted molar refractivity (Wildman–Crippen MR) is 40.1 cm³/mol. The summed E-state index contributed by atoms with van der Waals surface area (Å²) in [6, 6.07) is -0.444. The summed E-state index contributed by atoms with van der Waals surface area (Å²) in [5.74, 6) is -0.150. The molecule has 60 valence electrons. The van der Waals surface area contributed by atoms with Crippen molar-refractivity contribution in [2.75, 3.05) is 12.4 Å². The van der Waals surface area contributed by atoms with Crippen LogP contribution in [0.15, 0.2) is 12.3 Å². The number of carbonyl (C=O) groups excluding carboxylic acids is 2. The Bertz CT molecular complexity index is 227. The number of urea groups is 1. The highest BCUT2D eigenvalue weighted by Crippen LogP contribution is 2.06. The molecule has 1 rings (SSSR count). The Morgan fingerprint density at radius 2 is 2.18 bits per heavy atom. The molecule has 0 unspecified atom stereocenters. The normalized spacial score (nSPS) is 17.5. The van der Waals surface area contributed by atoms with Gasteiger partial charge in [0.15, 0.2) is 0 Å². The molecule has 3 amide bonds. The van der Waals surface area contributed by atoms with E-state index in [0.29, 0.717) is 0 Å². The van der Waals surface area contributed by atoms with Crippen LogP contribution in [0.3, 0.4) is 0 Å². The number of amides is 3. The molecule has 0 aromatic heterocycles. The predicted octanol–water partition coefficient (Wildman–Crippen LogP) is 0.291. The van der Waals surface area contributed by atoms with Crippen LogP contribution in [-0.4, -0.2) is 29.3 Å². The Morgan fingerprint density at radius 1 is 1.55 bits per heavy atom. The molecule has 11 heavy (non-hydrogen) atoms. The lowest BCUT2D eigenvalue weighted by atomic mass is 10.5. The van der Waals surface area contributed by atoms with Crippen LogP contribution in [0.2, 0.25) is 0 Å². The summed E-state index contributed by atoms with van der Waals surface area (Å²) in [6.07, 6.45) is 0. The maximum Gasteiger partial charge on any atom is 0.329 e. The van der Waals surface area contributed by atoms with Gasteiger partial charge < -0.3 is 5.32 Å². The largest absolute Gasteiger partial charge is 0.329 e. The molecule has 0 aromatic rings. The molecule has 0 saturated carbocycles. The third kappa shape index (κ3) is 1.35. The van der Waals surface area contributed by atoms with Crippen LogP contribution in [0.5, 0.6) is 0 Å². The minimum atomic E-state index is -0.444. The second-order valence-electron chi connectivity index (χ2n) is 2.05. The van der Waals surface area contributed by atoms with E-state index in [9.17, 15) is 9.59 Å². The summed E-state index contributed by atoms with van der Waals surface area (Å²) in [7, 11) is 0. The molecule has 0 aromatic carbocycles. The van der Waals surface area contributed by atoms with Crippen LogP contribution < -0.4 is 5.32 Å². The molecule has 5 heteroatoms. The van der Waals surface area contributed by atoms with E-state index in [0.717, 1.165) is 4.90 Å². The van der Waals surface area contributed by atoms with E-state index in [1.807, 2.05) is 0 Å². The zero-order chi connectivity index (χ0) is 8.43. The Hall–Kier alpha value is -1.03. The standard InChI is InChI=1S/C6H7ClN2O2/c1-4-5(10)9(3-2-7)6(11)8-4/h1-3H2,(H,8,11). The van der Waals surface area contributed by atoms with Crippen molar-refractivity contribution in [3.63, 3.8) is 0 Å². The van der Waals surface area contributed by atoms with Gasteiger partial charge in [-0.1, -0.05) is 6.58 Å². The van der Waals surface area contributed by atoms with E-state index in [-0.39, 0.29) is 18.1 Å². The molecule has 1 aliphatic heterocycles. The summed E-state index contributed by atoms with van der Waals surface area (Å²) in [4.78, 5) is 22.9. The van der Waals surface area contributed by atoms with Crippen LogP contribution in [-0.2, 0) is 4.79 Å². The van der Waals surface area contributed by atoms with Gasteiger partial charge in [0.1, 0.15) is 5.70 Å². The summed E-state index contributed by atoms with van der Waals surface area (Å²) in [5, 5.41) is 2.29. The van der Waals surface area contributed by atoms with Gasteiger partial charge >= 0.3 is 6.03 Å². The Labute approximate surface area is 68.8 Å². The monoisotopic (exact) mass is 174 g/mol. The van der Waals surface area contributed by atoms with Gasteiger partial charge in [-0.05, 0) is 0 Å².